The zero-order chi connectivity index (χ0) is 18.7. The summed E-state index contributed by atoms with van der Waals surface area (Å²) in [4.78, 5) is 1.01. The van der Waals surface area contributed by atoms with Crippen molar-refractivity contribution in [3.63, 3.8) is 0 Å². The molecule has 0 aliphatic carbocycles. The Labute approximate surface area is 171 Å². The third-order valence-electron chi connectivity index (χ3n) is 3.65. The van der Waals surface area contributed by atoms with Crippen LogP contribution in [0.25, 0.3) is 21.6 Å². The fraction of sp³-hybridized carbons (Fsp3) is 0.167. The Bertz CT molecular complexity index is 992. The van der Waals surface area contributed by atoms with Crippen molar-refractivity contribution in [2.24, 2.45) is 0 Å². The van der Waals surface area contributed by atoms with Crippen molar-refractivity contribution >= 4 is 55.6 Å². The van der Waals surface area contributed by atoms with Gasteiger partial charge < -0.3 is 9.29 Å². The highest BCUT2D eigenvalue weighted by Crippen LogP contribution is 2.44. The molecule has 3 aromatic rings. The van der Waals surface area contributed by atoms with Crippen LogP contribution in [0.2, 0.25) is 5.02 Å². The molecule has 0 aliphatic rings. The number of hydrogen-bond donors (Lipinski definition) is 1. The lowest BCUT2D eigenvalue weighted by Gasteiger charge is -2.09. The van der Waals surface area contributed by atoms with Gasteiger partial charge in [0.1, 0.15) is 9.57 Å². The molecule has 0 radical (unpaired) electrons. The van der Waals surface area contributed by atoms with E-state index in [1.165, 1.54) is 10.3 Å². The molecule has 0 amide bonds. The Morgan fingerprint density at radius 2 is 1.92 bits per heavy atom. The molecule has 2 aromatic carbocycles. The predicted octanol–water partition coefficient (Wildman–Crippen LogP) is 6.65. The Morgan fingerprint density at radius 3 is 2.54 bits per heavy atom. The normalized spacial score (nSPS) is 12.1. The summed E-state index contributed by atoms with van der Waals surface area (Å²) in [6.07, 6.45) is 0. The zero-order valence-corrected chi connectivity index (χ0v) is 17.8. The van der Waals surface area contributed by atoms with Crippen molar-refractivity contribution in [2.75, 3.05) is 6.61 Å². The van der Waals surface area contributed by atoms with Crippen LogP contribution in [-0.2, 0) is 16.8 Å². The largest absolute Gasteiger partial charge is 0.494 e. The molecular weight excluding hydrogens is 428 g/mol. The molecule has 0 spiro atoms. The van der Waals surface area contributed by atoms with Crippen LogP contribution in [0.15, 0.2) is 42.5 Å². The van der Waals surface area contributed by atoms with E-state index >= 15 is 0 Å². The molecule has 3 nitrogen and oxygen atoms in total. The highest BCUT2D eigenvalue weighted by molar-refractivity contribution is 7.80. The highest BCUT2D eigenvalue weighted by Gasteiger charge is 2.16. The molecule has 136 valence electrons. The molecular formula is C18H15ClO3S4. The summed E-state index contributed by atoms with van der Waals surface area (Å²) >= 11 is 10.1. The van der Waals surface area contributed by atoms with E-state index in [4.69, 9.17) is 33.1 Å². The van der Waals surface area contributed by atoms with Crippen molar-refractivity contribution in [3.05, 3.63) is 56.9 Å². The standard InChI is InChI=1S/C18H15ClO3S4/c1-2-22-13-6-4-12(5-7-13)16-17(24-25-18(16)23)14-8-3-11(9-15(14)19)10-26(20)21/h3-9H,2,10H2,1H3,(H,20,21). The van der Waals surface area contributed by atoms with Crippen molar-refractivity contribution < 1.29 is 13.5 Å². The van der Waals surface area contributed by atoms with Crippen molar-refractivity contribution in [2.45, 2.75) is 12.7 Å². The summed E-state index contributed by atoms with van der Waals surface area (Å²) in [5.41, 5.74) is 3.60. The highest BCUT2D eigenvalue weighted by atomic mass is 35.5. The quantitative estimate of drug-likeness (QED) is 0.264. The monoisotopic (exact) mass is 442 g/mol. The van der Waals surface area contributed by atoms with E-state index in [9.17, 15) is 4.21 Å². The second-order valence-corrected chi connectivity index (χ2v) is 9.55. The molecule has 0 saturated carbocycles. The Hall–Kier alpha value is -1.09. The summed E-state index contributed by atoms with van der Waals surface area (Å²) in [7, 11) is 3.12. The molecule has 8 heteroatoms. The van der Waals surface area contributed by atoms with E-state index in [0.29, 0.717) is 11.6 Å². The van der Waals surface area contributed by atoms with Crippen LogP contribution in [-0.4, -0.2) is 15.4 Å². The number of rotatable bonds is 6. The van der Waals surface area contributed by atoms with Gasteiger partial charge in [-0.25, -0.2) is 4.21 Å². The summed E-state index contributed by atoms with van der Waals surface area (Å²) in [5, 5.41) is 0.546. The third kappa shape index (κ3) is 4.42. The minimum atomic E-state index is -1.89. The van der Waals surface area contributed by atoms with Crippen LogP contribution < -0.4 is 4.74 Å². The molecule has 1 aromatic heterocycles. The molecule has 26 heavy (non-hydrogen) atoms. The van der Waals surface area contributed by atoms with Crippen LogP contribution in [0, 0.1) is 3.82 Å². The molecule has 1 atom stereocenters. The maximum Gasteiger partial charge on any atom is 0.157 e. The zero-order valence-electron chi connectivity index (χ0n) is 13.7. The van der Waals surface area contributed by atoms with E-state index in [1.54, 1.807) is 16.4 Å². The van der Waals surface area contributed by atoms with E-state index < -0.39 is 11.1 Å². The van der Waals surface area contributed by atoms with E-state index in [-0.39, 0.29) is 5.75 Å². The van der Waals surface area contributed by atoms with Crippen LogP contribution in [0.3, 0.4) is 0 Å². The lowest BCUT2D eigenvalue weighted by atomic mass is 10.0. The molecule has 0 fully saturated rings. The number of ether oxygens (including phenoxy) is 1. The molecule has 1 heterocycles. The van der Waals surface area contributed by atoms with Gasteiger partial charge in [-0.2, -0.15) is 0 Å². The molecule has 0 saturated heterocycles. The smallest absolute Gasteiger partial charge is 0.157 e. The lowest BCUT2D eigenvalue weighted by molar-refractivity contribution is 0.340. The van der Waals surface area contributed by atoms with E-state index in [0.717, 1.165) is 36.7 Å². The molecule has 0 aliphatic heterocycles. The molecule has 1 N–H and O–H groups in total. The van der Waals surface area contributed by atoms with Crippen LogP contribution in [0.1, 0.15) is 12.5 Å². The fourth-order valence-electron chi connectivity index (χ4n) is 2.54. The lowest BCUT2D eigenvalue weighted by Crippen LogP contribution is -1.93. The van der Waals surface area contributed by atoms with Gasteiger partial charge in [0.25, 0.3) is 0 Å². The summed E-state index contributed by atoms with van der Waals surface area (Å²) in [5.74, 6) is 0.882. The first-order chi connectivity index (χ1) is 12.5. The maximum absolute atomic E-state index is 11.0. The second kappa shape index (κ2) is 8.73. The number of hydrogen-bond acceptors (Lipinski definition) is 5. The Kier molecular flexibility index (Phi) is 6.60. The second-order valence-electron chi connectivity index (χ2n) is 5.40. The van der Waals surface area contributed by atoms with Crippen molar-refractivity contribution in [1.82, 2.24) is 0 Å². The Morgan fingerprint density at radius 1 is 1.19 bits per heavy atom. The molecule has 3 rings (SSSR count). The third-order valence-corrected chi connectivity index (χ3v) is 7.60. The topological polar surface area (TPSA) is 46.5 Å². The van der Waals surface area contributed by atoms with Crippen LogP contribution in [0.4, 0.5) is 0 Å². The fourth-order valence-corrected chi connectivity index (χ4v) is 6.30. The van der Waals surface area contributed by atoms with Gasteiger partial charge in [-0.05, 0) is 36.2 Å². The van der Waals surface area contributed by atoms with Crippen molar-refractivity contribution in [3.8, 4) is 27.3 Å². The molecule has 1 unspecified atom stereocenters. The van der Waals surface area contributed by atoms with Crippen LogP contribution >= 0.6 is 44.5 Å². The van der Waals surface area contributed by atoms with Gasteiger partial charge in [-0.3, -0.25) is 0 Å². The first-order valence-electron chi connectivity index (χ1n) is 7.72. The first-order valence-corrected chi connectivity index (χ1v) is 11.9. The van der Waals surface area contributed by atoms with E-state index in [2.05, 4.69) is 0 Å². The maximum atomic E-state index is 11.0. The van der Waals surface area contributed by atoms with Gasteiger partial charge >= 0.3 is 0 Å². The number of halogens is 1. The van der Waals surface area contributed by atoms with Gasteiger partial charge in [0, 0.05) is 16.1 Å². The van der Waals surface area contributed by atoms with E-state index in [1.807, 2.05) is 43.3 Å². The average Bonchev–Trinajstić information content (AvgIpc) is 2.97. The van der Waals surface area contributed by atoms with Gasteiger partial charge in [0.15, 0.2) is 11.1 Å². The van der Waals surface area contributed by atoms with Gasteiger partial charge in [0.2, 0.25) is 0 Å². The first kappa shape index (κ1) is 19.7. The average molecular weight is 443 g/mol. The Balaban J connectivity index is 2.03. The van der Waals surface area contributed by atoms with Gasteiger partial charge in [-0.15, -0.1) is 0 Å². The SMILES string of the molecule is CCOc1ccc(-c2c(-c3ccc(CS(=O)O)cc3Cl)ssc2=S)cc1. The van der Waals surface area contributed by atoms with Gasteiger partial charge in [-0.1, -0.05) is 68.8 Å². The predicted molar refractivity (Wildman–Crippen MR) is 115 cm³/mol. The van der Waals surface area contributed by atoms with Crippen LogP contribution in [0.5, 0.6) is 5.75 Å². The minimum Gasteiger partial charge on any atom is -0.494 e. The summed E-state index contributed by atoms with van der Waals surface area (Å²) < 4.78 is 26.4. The minimum absolute atomic E-state index is 0.0606. The number of benzene rings is 2. The van der Waals surface area contributed by atoms with Gasteiger partial charge in [0.05, 0.1) is 17.2 Å². The molecule has 0 bridgehead atoms. The summed E-state index contributed by atoms with van der Waals surface area (Å²) in [6.45, 7) is 2.57. The van der Waals surface area contributed by atoms with Crippen molar-refractivity contribution in [1.29, 1.82) is 0 Å². The summed E-state index contributed by atoms with van der Waals surface area (Å²) in [6, 6.07) is 13.3.